The lowest BCUT2D eigenvalue weighted by atomic mass is 9.76. The summed E-state index contributed by atoms with van der Waals surface area (Å²) >= 11 is 0. The zero-order valence-corrected chi connectivity index (χ0v) is 28.8. The fraction of sp³-hybridized carbons (Fsp3) is 0.444. The lowest BCUT2D eigenvalue weighted by Crippen LogP contribution is -2.46. The normalized spacial score (nSPS) is 20.5. The molecule has 51 heavy (non-hydrogen) atoms. The molecule has 1 aliphatic carbocycles. The second-order valence-electron chi connectivity index (χ2n) is 13.7. The number of carbonyl (C=O) groups excluding carboxylic acids is 1. The average Bonchev–Trinajstić information content (AvgIpc) is 3.92. The van der Waals surface area contributed by atoms with Crippen LogP contribution in [0.2, 0.25) is 0 Å². The van der Waals surface area contributed by atoms with E-state index < -0.39 is 57.1 Å². The number of benzene rings is 3. The SMILES string of the molecule is N=[N+]=N[C@H](C(=O)Nc1cccc(F)c1CCC1CN(C(=O)O)CC2(CC2)CN1S(=O)(=O)c1ccccc1)[C@@H](c1ccc(F)cc1)C1CCOCC1. The number of carboxylic acid groups (broad SMARTS) is 1. The molecule has 0 bridgehead atoms. The van der Waals surface area contributed by atoms with Crippen LogP contribution in [-0.2, 0) is 26.0 Å². The lowest BCUT2D eigenvalue weighted by Gasteiger charge is -2.32. The van der Waals surface area contributed by atoms with Crippen LogP contribution in [0.1, 0.15) is 49.1 Å². The third-order valence-electron chi connectivity index (χ3n) is 10.4. The molecule has 2 heterocycles. The Labute approximate surface area is 295 Å². The van der Waals surface area contributed by atoms with Gasteiger partial charge in [0.05, 0.1) is 4.90 Å². The van der Waals surface area contributed by atoms with Crippen LogP contribution in [0.5, 0.6) is 0 Å². The Morgan fingerprint density at radius 3 is 2.37 bits per heavy atom. The summed E-state index contributed by atoms with van der Waals surface area (Å²) in [7, 11) is -4.05. The van der Waals surface area contributed by atoms with Crippen LogP contribution >= 0.6 is 0 Å². The van der Waals surface area contributed by atoms with Gasteiger partial charge in [-0.25, -0.2) is 22.0 Å². The van der Waals surface area contributed by atoms with Crippen molar-refractivity contribution < 1.29 is 36.6 Å². The summed E-state index contributed by atoms with van der Waals surface area (Å²) in [5.41, 5.74) is 7.93. The first-order valence-electron chi connectivity index (χ1n) is 17.0. The number of nitrogens with one attached hydrogen (secondary N) is 2. The molecule has 0 aromatic heterocycles. The van der Waals surface area contributed by atoms with E-state index >= 15 is 4.39 Å². The Morgan fingerprint density at radius 1 is 1.02 bits per heavy atom. The van der Waals surface area contributed by atoms with E-state index in [-0.39, 0.29) is 54.5 Å². The van der Waals surface area contributed by atoms with Crippen molar-refractivity contribution in [1.82, 2.24) is 14.1 Å². The van der Waals surface area contributed by atoms with Gasteiger partial charge < -0.3 is 20.1 Å². The monoisotopic (exact) mass is 723 g/mol. The molecule has 3 atom stereocenters. The summed E-state index contributed by atoms with van der Waals surface area (Å²) in [6, 6.07) is 15.9. The zero-order valence-electron chi connectivity index (χ0n) is 28.0. The number of rotatable bonds is 11. The molecule has 6 rings (SSSR count). The van der Waals surface area contributed by atoms with E-state index in [1.54, 1.807) is 30.3 Å². The van der Waals surface area contributed by atoms with Crippen molar-refractivity contribution >= 4 is 27.7 Å². The van der Waals surface area contributed by atoms with E-state index in [0.29, 0.717) is 44.5 Å². The highest BCUT2D eigenvalue weighted by molar-refractivity contribution is 7.89. The maximum Gasteiger partial charge on any atom is 0.407 e. The predicted molar refractivity (Wildman–Crippen MR) is 182 cm³/mol. The van der Waals surface area contributed by atoms with E-state index in [1.165, 1.54) is 51.7 Å². The summed E-state index contributed by atoms with van der Waals surface area (Å²) in [6.45, 7) is 1.16. The molecule has 0 radical (unpaired) electrons. The molecule has 1 saturated carbocycles. The first-order chi connectivity index (χ1) is 24.5. The zero-order chi connectivity index (χ0) is 36.2. The third-order valence-corrected chi connectivity index (χ3v) is 12.3. The molecule has 2 amide bonds. The molecule has 2 aliphatic heterocycles. The van der Waals surface area contributed by atoms with Crippen LogP contribution in [0.4, 0.5) is 19.3 Å². The summed E-state index contributed by atoms with van der Waals surface area (Å²) in [5, 5.41) is 16.8. The lowest BCUT2D eigenvalue weighted by molar-refractivity contribution is -0.118. The third kappa shape index (κ3) is 8.17. The topological polar surface area (TPSA) is 167 Å². The van der Waals surface area contributed by atoms with E-state index in [2.05, 4.69) is 15.3 Å². The number of nitrogens with zero attached hydrogens (tertiary/aromatic N) is 4. The number of amides is 2. The molecular formula is C36H41F2N6O6S+. The maximum atomic E-state index is 15.7. The van der Waals surface area contributed by atoms with Gasteiger partial charge in [0, 0.05) is 61.5 Å². The highest BCUT2D eigenvalue weighted by Crippen LogP contribution is 2.49. The van der Waals surface area contributed by atoms with Gasteiger partial charge in [-0.3, -0.25) is 4.79 Å². The number of halogens is 2. The number of ether oxygens (including phenoxy) is 1. The Hall–Kier alpha value is -4.56. The summed E-state index contributed by atoms with van der Waals surface area (Å²) < 4.78 is 64.6. The van der Waals surface area contributed by atoms with Crippen molar-refractivity contribution in [2.45, 2.75) is 61.4 Å². The Morgan fingerprint density at radius 2 is 1.73 bits per heavy atom. The Bertz CT molecular complexity index is 1880. The molecule has 3 aliphatic rings. The summed E-state index contributed by atoms with van der Waals surface area (Å²) in [5.74, 6) is -2.41. The molecular weight excluding hydrogens is 682 g/mol. The van der Waals surface area contributed by atoms with Crippen molar-refractivity contribution in [3.63, 3.8) is 0 Å². The number of anilines is 1. The van der Waals surface area contributed by atoms with Gasteiger partial charge in [-0.2, -0.15) is 4.31 Å². The van der Waals surface area contributed by atoms with E-state index in [4.69, 9.17) is 10.3 Å². The smallest absolute Gasteiger partial charge is 0.407 e. The van der Waals surface area contributed by atoms with Gasteiger partial charge >= 0.3 is 6.09 Å². The van der Waals surface area contributed by atoms with Crippen LogP contribution in [0.25, 0.3) is 0 Å². The molecule has 3 aromatic carbocycles. The van der Waals surface area contributed by atoms with Crippen molar-refractivity contribution in [2.24, 2.45) is 16.4 Å². The van der Waals surface area contributed by atoms with Gasteiger partial charge in [0.1, 0.15) is 22.3 Å². The van der Waals surface area contributed by atoms with Gasteiger partial charge in [0.15, 0.2) is 0 Å². The Balaban J connectivity index is 1.29. The maximum absolute atomic E-state index is 15.7. The van der Waals surface area contributed by atoms with Crippen LogP contribution in [-0.4, -0.2) is 79.7 Å². The highest BCUT2D eigenvalue weighted by atomic mass is 32.2. The average molecular weight is 724 g/mol. The minimum absolute atomic E-state index is 0.0276. The second kappa shape index (κ2) is 15.4. The van der Waals surface area contributed by atoms with Gasteiger partial charge in [0.2, 0.25) is 21.0 Å². The second-order valence-corrected chi connectivity index (χ2v) is 15.6. The van der Waals surface area contributed by atoms with Crippen LogP contribution in [0.15, 0.2) is 82.8 Å². The van der Waals surface area contributed by atoms with Gasteiger partial charge in [-0.05, 0) is 86.4 Å². The molecule has 3 fully saturated rings. The molecule has 1 unspecified atom stereocenters. The fourth-order valence-corrected chi connectivity index (χ4v) is 9.26. The fourth-order valence-electron chi connectivity index (χ4n) is 7.48. The summed E-state index contributed by atoms with van der Waals surface area (Å²) in [4.78, 5) is 30.9. The largest absolute Gasteiger partial charge is 0.465 e. The van der Waals surface area contributed by atoms with Crippen molar-refractivity contribution in [1.29, 1.82) is 5.53 Å². The number of hydrogen-bond acceptors (Lipinski definition) is 7. The van der Waals surface area contributed by atoms with Crippen LogP contribution < -0.4 is 10.2 Å². The molecule has 3 aromatic rings. The highest BCUT2D eigenvalue weighted by Gasteiger charge is 2.52. The van der Waals surface area contributed by atoms with Gasteiger partial charge in [-0.1, -0.05) is 36.4 Å². The first kappa shape index (κ1) is 36.2. The molecule has 270 valence electrons. The minimum atomic E-state index is -4.05. The quantitative estimate of drug-likeness (QED) is 0.167. The van der Waals surface area contributed by atoms with Crippen molar-refractivity contribution in [3.05, 3.63) is 95.6 Å². The molecule has 2 saturated heterocycles. The number of carbonyl (C=O) groups is 2. The van der Waals surface area contributed by atoms with Crippen LogP contribution in [0, 0.1) is 28.5 Å². The molecule has 3 N–H and O–H groups in total. The van der Waals surface area contributed by atoms with Crippen LogP contribution in [0.3, 0.4) is 0 Å². The standard InChI is InChI=1S/C36H40F2N6O6S/c37-26-11-9-24(10-12-26)32(25-15-19-50-20-16-25)33(41-42-39)34(45)40-31-8-4-7-30(38)29(31)14-13-27-21-43(35(46)47)22-36(17-18-36)23-44(27)51(48,49)28-5-2-1-3-6-28/h1-12,25,27,32-33,39H,13-23H2,(H-,40,45,46,47)/p+1/t27?,32-,33-/m0/s1. The van der Waals surface area contributed by atoms with E-state index in [9.17, 15) is 27.5 Å². The minimum Gasteiger partial charge on any atom is -0.465 e. The van der Waals surface area contributed by atoms with Crippen molar-refractivity contribution in [2.75, 3.05) is 38.2 Å². The number of sulfonamides is 1. The van der Waals surface area contributed by atoms with E-state index in [0.717, 1.165) is 0 Å². The predicted octanol–water partition coefficient (Wildman–Crippen LogP) is 5.80. The molecule has 12 nitrogen and oxygen atoms in total. The van der Waals surface area contributed by atoms with Gasteiger partial charge in [0.25, 0.3) is 5.91 Å². The summed E-state index contributed by atoms with van der Waals surface area (Å²) in [6.07, 6.45) is 1.46. The molecule has 1 spiro atoms. The van der Waals surface area contributed by atoms with Gasteiger partial charge in [-0.15, -0.1) is 0 Å². The first-order valence-corrected chi connectivity index (χ1v) is 18.5. The molecule has 15 heteroatoms. The Kier molecular flexibility index (Phi) is 10.9. The van der Waals surface area contributed by atoms with E-state index in [1.807, 2.05) is 0 Å². The number of hydrogen-bond donors (Lipinski definition) is 3. The van der Waals surface area contributed by atoms with Crippen molar-refractivity contribution in [3.8, 4) is 0 Å².